The highest BCUT2D eigenvalue weighted by atomic mass is 16.5. The van der Waals surface area contributed by atoms with Gasteiger partial charge in [0.1, 0.15) is 11.8 Å². The smallest absolute Gasteiger partial charge is 0.124 e. The second-order valence-corrected chi connectivity index (χ2v) is 2.52. The van der Waals surface area contributed by atoms with Crippen molar-refractivity contribution in [3.05, 3.63) is 34.7 Å². The molecule has 12 heavy (non-hydrogen) atoms. The van der Waals surface area contributed by atoms with E-state index >= 15 is 0 Å². The quantitative estimate of drug-likeness (QED) is 0.645. The van der Waals surface area contributed by atoms with Gasteiger partial charge < -0.3 is 4.74 Å². The van der Waals surface area contributed by atoms with E-state index in [1.807, 2.05) is 24.3 Å². The predicted molar refractivity (Wildman–Crippen MR) is 47.2 cm³/mol. The topological polar surface area (TPSA) is 38.7 Å². The molecule has 1 unspecified atom stereocenters. The Morgan fingerprint density at radius 2 is 2.08 bits per heavy atom. The molecule has 0 aliphatic heterocycles. The van der Waals surface area contributed by atoms with E-state index in [2.05, 4.69) is 5.18 Å². The summed E-state index contributed by atoms with van der Waals surface area (Å²) >= 11 is 0. The molecule has 0 amide bonds. The molecule has 1 aromatic rings. The Labute approximate surface area is 71.3 Å². The third-order valence-corrected chi connectivity index (χ3v) is 1.75. The maximum Gasteiger partial charge on any atom is 0.124 e. The lowest BCUT2D eigenvalue weighted by atomic mass is 10.1. The molecule has 0 saturated carbocycles. The maximum absolute atomic E-state index is 10.3. The fraction of sp³-hybridized carbons (Fsp3) is 0.333. The fourth-order valence-corrected chi connectivity index (χ4v) is 1.07. The van der Waals surface area contributed by atoms with Crippen molar-refractivity contribution in [3.63, 3.8) is 0 Å². The first-order chi connectivity index (χ1) is 5.79. The van der Waals surface area contributed by atoms with Gasteiger partial charge in [-0.3, -0.25) is 0 Å². The predicted octanol–water partition coefficient (Wildman–Crippen LogP) is 2.52. The lowest BCUT2D eigenvalue weighted by Gasteiger charge is -2.08. The summed E-state index contributed by atoms with van der Waals surface area (Å²) in [7, 11) is 1.58. The minimum Gasteiger partial charge on any atom is -0.496 e. The molecule has 1 aromatic carbocycles. The minimum absolute atomic E-state index is 0.346. The molecule has 1 atom stereocenters. The molecule has 0 bridgehead atoms. The number of para-hydroxylation sites is 1. The maximum atomic E-state index is 10.3. The third-order valence-electron chi connectivity index (χ3n) is 1.75. The molecule has 0 spiro atoms. The molecular formula is C9H11NO2. The Morgan fingerprint density at radius 3 is 2.67 bits per heavy atom. The summed E-state index contributed by atoms with van der Waals surface area (Å²) in [6, 6.07) is 7.03. The van der Waals surface area contributed by atoms with Crippen LogP contribution in [0.5, 0.6) is 5.75 Å². The first-order valence-electron chi connectivity index (χ1n) is 3.75. The molecule has 0 aliphatic rings. The molecule has 64 valence electrons. The van der Waals surface area contributed by atoms with Gasteiger partial charge in [0.2, 0.25) is 0 Å². The Hall–Kier alpha value is -1.38. The molecule has 0 aliphatic carbocycles. The Bertz CT molecular complexity index is 273. The van der Waals surface area contributed by atoms with Gasteiger partial charge in [0, 0.05) is 5.56 Å². The minimum atomic E-state index is -0.346. The third kappa shape index (κ3) is 1.61. The van der Waals surface area contributed by atoms with Crippen molar-refractivity contribution in [2.24, 2.45) is 5.18 Å². The summed E-state index contributed by atoms with van der Waals surface area (Å²) in [6.45, 7) is 1.74. The number of benzene rings is 1. The summed E-state index contributed by atoms with van der Waals surface area (Å²) in [6.07, 6.45) is 0. The number of methoxy groups -OCH3 is 1. The SMILES string of the molecule is COc1ccccc1C(C)N=O. The Morgan fingerprint density at radius 1 is 1.42 bits per heavy atom. The van der Waals surface area contributed by atoms with Crippen LogP contribution in [-0.4, -0.2) is 7.11 Å². The monoisotopic (exact) mass is 165 g/mol. The average molecular weight is 165 g/mol. The fourth-order valence-electron chi connectivity index (χ4n) is 1.07. The van der Waals surface area contributed by atoms with Crippen molar-refractivity contribution in [1.29, 1.82) is 0 Å². The number of hydrogen-bond donors (Lipinski definition) is 0. The molecule has 0 heterocycles. The van der Waals surface area contributed by atoms with Gasteiger partial charge in [-0.1, -0.05) is 23.4 Å². The molecular weight excluding hydrogens is 154 g/mol. The van der Waals surface area contributed by atoms with Gasteiger partial charge in [0.25, 0.3) is 0 Å². The van der Waals surface area contributed by atoms with E-state index in [-0.39, 0.29) is 6.04 Å². The first kappa shape index (κ1) is 8.71. The van der Waals surface area contributed by atoms with Crippen molar-refractivity contribution in [2.45, 2.75) is 13.0 Å². The van der Waals surface area contributed by atoms with Gasteiger partial charge in [-0.15, -0.1) is 0 Å². The van der Waals surface area contributed by atoms with Crippen molar-refractivity contribution < 1.29 is 4.74 Å². The molecule has 0 radical (unpaired) electrons. The second-order valence-electron chi connectivity index (χ2n) is 2.52. The zero-order chi connectivity index (χ0) is 8.97. The van der Waals surface area contributed by atoms with Crippen LogP contribution in [-0.2, 0) is 0 Å². The molecule has 0 N–H and O–H groups in total. The number of nitroso groups, excluding NO2 is 1. The van der Waals surface area contributed by atoms with E-state index in [0.29, 0.717) is 5.75 Å². The Balaban J connectivity index is 3.04. The summed E-state index contributed by atoms with van der Waals surface area (Å²) in [4.78, 5) is 10.3. The van der Waals surface area contributed by atoms with Crippen LogP contribution in [0.3, 0.4) is 0 Å². The van der Waals surface area contributed by atoms with Gasteiger partial charge in [-0.2, -0.15) is 4.91 Å². The van der Waals surface area contributed by atoms with Crippen molar-refractivity contribution >= 4 is 0 Å². The standard InChI is InChI=1S/C9H11NO2/c1-7(10-11)8-5-3-4-6-9(8)12-2/h3-7H,1-2H3. The van der Waals surface area contributed by atoms with Crippen LogP contribution in [0.2, 0.25) is 0 Å². The number of nitrogens with zero attached hydrogens (tertiary/aromatic N) is 1. The van der Waals surface area contributed by atoms with Crippen LogP contribution >= 0.6 is 0 Å². The molecule has 0 saturated heterocycles. The van der Waals surface area contributed by atoms with Gasteiger partial charge in [-0.25, -0.2) is 0 Å². The highest BCUT2D eigenvalue weighted by Gasteiger charge is 2.09. The molecule has 3 nitrogen and oxygen atoms in total. The number of rotatable bonds is 3. The summed E-state index contributed by atoms with van der Waals surface area (Å²) < 4.78 is 5.07. The van der Waals surface area contributed by atoms with Gasteiger partial charge >= 0.3 is 0 Å². The Kier molecular flexibility index (Phi) is 2.80. The molecule has 0 aromatic heterocycles. The van der Waals surface area contributed by atoms with Crippen molar-refractivity contribution in [3.8, 4) is 5.75 Å². The van der Waals surface area contributed by atoms with Crippen LogP contribution in [0.4, 0.5) is 0 Å². The lowest BCUT2D eigenvalue weighted by molar-refractivity contribution is 0.407. The lowest BCUT2D eigenvalue weighted by Crippen LogP contribution is -1.93. The van der Waals surface area contributed by atoms with Gasteiger partial charge in [0.15, 0.2) is 0 Å². The molecule has 1 rings (SSSR count). The van der Waals surface area contributed by atoms with E-state index in [1.54, 1.807) is 14.0 Å². The number of ether oxygens (including phenoxy) is 1. The highest BCUT2D eigenvalue weighted by molar-refractivity contribution is 5.35. The van der Waals surface area contributed by atoms with Crippen LogP contribution in [0.1, 0.15) is 18.5 Å². The van der Waals surface area contributed by atoms with Crippen molar-refractivity contribution in [1.82, 2.24) is 0 Å². The van der Waals surface area contributed by atoms with Crippen molar-refractivity contribution in [2.75, 3.05) is 7.11 Å². The normalized spacial score (nSPS) is 12.2. The van der Waals surface area contributed by atoms with E-state index in [0.717, 1.165) is 5.56 Å². The van der Waals surface area contributed by atoms with E-state index in [1.165, 1.54) is 0 Å². The molecule has 3 heteroatoms. The summed E-state index contributed by atoms with van der Waals surface area (Å²) in [5.74, 6) is 0.713. The number of hydrogen-bond acceptors (Lipinski definition) is 3. The van der Waals surface area contributed by atoms with Crippen LogP contribution in [0.15, 0.2) is 29.4 Å². The van der Waals surface area contributed by atoms with Crippen LogP contribution in [0, 0.1) is 4.91 Å². The van der Waals surface area contributed by atoms with Crippen LogP contribution < -0.4 is 4.74 Å². The van der Waals surface area contributed by atoms with E-state index in [9.17, 15) is 4.91 Å². The van der Waals surface area contributed by atoms with E-state index < -0.39 is 0 Å². The summed E-state index contributed by atoms with van der Waals surface area (Å²) in [5, 5.41) is 2.94. The van der Waals surface area contributed by atoms with Crippen LogP contribution in [0.25, 0.3) is 0 Å². The van der Waals surface area contributed by atoms with Gasteiger partial charge in [0.05, 0.1) is 7.11 Å². The second kappa shape index (κ2) is 3.85. The van der Waals surface area contributed by atoms with Gasteiger partial charge in [-0.05, 0) is 13.0 Å². The summed E-state index contributed by atoms with van der Waals surface area (Å²) in [5.41, 5.74) is 0.829. The molecule has 0 fully saturated rings. The average Bonchev–Trinajstić information content (AvgIpc) is 2.16. The zero-order valence-electron chi connectivity index (χ0n) is 7.15. The van der Waals surface area contributed by atoms with E-state index in [4.69, 9.17) is 4.74 Å². The largest absolute Gasteiger partial charge is 0.496 e. The first-order valence-corrected chi connectivity index (χ1v) is 3.75. The highest BCUT2D eigenvalue weighted by Crippen LogP contribution is 2.26. The zero-order valence-corrected chi connectivity index (χ0v) is 7.15.